The van der Waals surface area contributed by atoms with Gasteiger partial charge in [0.25, 0.3) is 11.5 Å². The third-order valence-electron chi connectivity index (χ3n) is 5.06. The maximum absolute atomic E-state index is 13.1. The number of aromatic nitrogens is 3. The molecule has 1 aliphatic heterocycles. The fourth-order valence-corrected chi connectivity index (χ4v) is 5.02. The highest BCUT2D eigenvalue weighted by Gasteiger charge is 2.33. The number of likely N-dealkylation sites (N-methyl/N-ethyl adjacent to an activating group) is 1. The van der Waals surface area contributed by atoms with E-state index < -0.39 is 0 Å². The highest BCUT2D eigenvalue weighted by atomic mass is 79.9. The van der Waals surface area contributed by atoms with Gasteiger partial charge < -0.3 is 4.90 Å². The molecule has 5 rings (SSSR count). The Bertz CT molecular complexity index is 1420. The van der Waals surface area contributed by atoms with Crippen molar-refractivity contribution < 1.29 is 4.79 Å². The monoisotopic (exact) mass is 466 g/mol. The molecule has 1 aliphatic rings. The molecular formula is C21H15BrN4O2S. The molecule has 0 spiro atoms. The van der Waals surface area contributed by atoms with Gasteiger partial charge in [-0.2, -0.15) is 9.50 Å². The van der Waals surface area contributed by atoms with Crippen LogP contribution in [0, 0.1) is 6.92 Å². The summed E-state index contributed by atoms with van der Waals surface area (Å²) in [7, 11) is 0. The molecule has 0 aliphatic carbocycles. The van der Waals surface area contributed by atoms with Crippen molar-refractivity contribution in [3.8, 4) is 11.4 Å². The third-order valence-corrected chi connectivity index (χ3v) is 6.59. The van der Waals surface area contributed by atoms with Gasteiger partial charge in [0, 0.05) is 22.1 Å². The number of amides is 1. The SMILES string of the molecule is CCN1C(=O)/C(=c2\sc3nc(-c4ccccc4C)nn3c2=O)c2cc(Br)ccc21. The van der Waals surface area contributed by atoms with Crippen LogP contribution in [0.3, 0.4) is 0 Å². The quantitative estimate of drug-likeness (QED) is 0.454. The summed E-state index contributed by atoms with van der Waals surface area (Å²) < 4.78 is 2.53. The first-order chi connectivity index (χ1) is 14.0. The van der Waals surface area contributed by atoms with Crippen molar-refractivity contribution in [1.82, 2.24) is 14.6 Å². The Morgan fingerprint density at radius 2 is 1.90 bits per heavy atom. The molecule has 144 valence electrons. The van der Waals surface area contributed by atoms with Gasteiger partial charge in [-0.3, -0.25) is 9.59 Å². The summed E-state index contributed by atoms with van der Waals surface area (Å²) in [6.45, 7) is 4.43. The van der Waals surface area contributed by atoms with Crippen molar-refractivity contribution in [1.29, 1.82) is 0 Å². The first-order valence-corrected chi connectivity index (χ1v) is 10.7. The van der Waals surface area contributed by atoms with Gasteiger partial charge in [-0.1, -0.05) is 51.5 Å². The lowest BCUT2D eigenvalue weighted by molar-refractivity contribution is -0.113. The van der Waals surface area contributed by atoms with Crippen LogP contribution in [0.15, 0.2) is 51.7 Å². The summed E-state index contributed by atoms with van der Waals surface area (Å²) in [6, 6.07) is 13.5. The summed E-state index contributed by atoms with van der Waals surface area (Å²) in [6.07, 6.45) is 0. The Balaban J connectivity index is 1.77. The molecule has 1 amide bonds. The minimum absolute atomic E-state index is 0.165. The van der Waals surface area contributed by atoms with Gasteiger partial charge in [0.05, 0.1) is 11.3 Å². The van der Waals surface area contributed by atoms with Crippen LogP contribution in [0.5, 0.6) is 0 Å². The number of fused-ring (bicyclic) bond motifs is 2. The molecule has 0 unspecified atom stereocenters. The standard InChI is InChI=1S/C21H15BrN4O2S/c1-3-25-15-9-8-12(22)10-14(15)16(19(25)27)17-20(28)26-21(29-17)23-18(24-26)13-7-5-4-6-11(13)2/h4-10H,3H2,1-2H3/b17-16-. The van der Waals surface area contributed by atoms with E-state index in [9.17, 15) is 9.59 Å². The van der Waals surface area contributed by atoms with Gasteiger partial charge in [0.2, 0.25) is 4.96 Å². The molecule has 6 nitrogen and oxygen atoms in total. The van der Waals surface area contributed by atoms with E-state index in [4.69, 9.17) is 0 Å². The molecule has 0 fully saturated rings. The van der Waals surface area contributed by atoms with Gasteiger partial charge >= 0.3 is 0 Å². The minimum Gasteiger partial charge on any atom is -0.308 e. The second kappa shape index (κ2) is 6.60. The Morgan fingerprint density at radius 1 is 1.10 bits per heavy atom. The second-order valence-corrected chi connectivity index (χ2v) is 8.66. The van der Waals surface area contributed by atoms with E-state index in [-0.39, 0.29) is 11.5 Å². The van der Waals surface area contributed by atoms with Crippen LogP contribution < -0.4 is 15.0 Å². The largest absolute Gasteiger partial charge is 0.308 e. The van der Waals surface area contributed by atoms with Crippen LogP contribution in [-0.2, 0) is 4.79 Å². The lowest BCUT2D eigenvalue weighted by Crippen LogP contribution is -2.32. The van der Waals surface area contributed by atoms with Crippen molar-refractivity contribution in [3.05, 3.63) is 73.0 Å². The van der Waals surface area contributed by atoms with E-state index in [1.54, 1.807) is 4.90 Å². The molecule has 0 bridgehead atoms. The number of anilines is 1. The van der Waals surface area contributed by atoms with Crippen molar-refractivity contribution >= 4 is 49.4 Å². The summed E-state index contributed by atoms with van der Waals surface area (Å²) >= 11 is 4.67. The molecule has 29 heavy (non-hydrogen) atoms. The first kappa shape index (κ1) is 18.2. The minimum atomic E-state index is -0.315. The van der Waals surface area contributed by atoms with Crippen LogP contribution >= 0.6 is 27.3 Å². The van der Waals surface area contributed by atoms with Gasteiger partial charge in [0.15, 0.2) is 5.82 Å². The fourth-order valence-electron chi connectivity index (χ4n) is 3.66. The van der Waals surface area contributed by atoms with Gasteiger partial charge in [-0.25, -0.2) is 0 Å². The molecule has 2 aromatic carbocycles. The fraction of sp³-hybridized carbons (Fsp3) is 0.143. The van der Waals surface area contributed by atoms with Crippen LogP contribution in [-0.4, -0.2) is 27.0 Å². The topological polar surface area (TPSA) is 67.6 Å². The number of halogens is 1. The maximum atomic E-state index is 13.1. The van der Waals surface area contributed by atoms with Crippen LogP contribution in [0.25, 0.3) is 21.9 Å². The molecule has 2 aromatic heterocycles. The third kappa shape index (κ3) is 2.67. The van der Waals surface area contributed by atoms with Gasteiger partial charge in [-0.15, -0.1) is 5.10 Å². The Labute approximate surface area is 178 Å². The number of carbonyl (C=O) groups is 1. The highest BCUT2D eigenvalue weighted by Crippen LogP contribution is 2.37. The first-order valence-electron chi connectivity index (χ1n) is 9.11. The number of carbonyl (C=O) groups excluding carboxylic acids is 1. The van der Waals surface area contributed by atoms with E-state index in [0.29, 0.717) is 27.4 Å². The van der Waals surface area contributed by atoms with Crippen molar-refractivity contribution in [2.24, 2.45) is 0 Å². The molecule has 0 saturated heterocycles. The molecule has 0 N–H and O–H groups in total. The van der Waals surface area contributed by atoms with Crippen LogP contribution in [0.1, 0.15) is 18.1 Å². The van der Waals surface area contributed by atoms with Gasteiger partial charge in [0.1, 0.15) is 4.53 Å². The Morgan fingerprint density at radius 3 is 2.62 bits per heavy atom. The smallest absolute Gasteiger partial charge is 0.291 e. The van der Waals surface area contributed by atoms with Crippen molar-refractivity contribution in [3.63, 3.8) is 0 Å². The van der Waals surface area contributed by atoms with E-state index in [0.717, 1.165) is 26.9 Å². The van der Waals surface area contributed by atoms with Crippen LogP contribution in [0.2, 0.25) is 0 Å². The zero-order valence-corrected chi connectivity index (χ0v) is 18.0. The van der Waals surface area contributed by atoms with Crippen molar-refractivity contribution in [2.75, 3.05) is 11.4 Å². The molecule has 4 aromatic rings. The van der Waals surface area contributed by atoms with Crippen molar-refractivity contribution in [2.45, 2.75) is 13.8 Å². The molecule has 8 heteroatoms. The van der Waals surface area contributed by atoms with Gasteiger partial charge in [-0.05, 0) is 37.6 Å². The molecule has 0 atom stereocenters. The summed E-state index contributed by atoms with van der Waals surface area (Å²) in [5.74, 6) is 0.348. The maximum Gasteiger partial charge on any atom is 0.291 e. The van der Waals surface area contributed by atoms with E-state index >= 15 is 0 Å². The Kier molecular flexibility index (Phi) is 4.15. The molecular weight excluding hydrogens is 452 g/mol. The number of benzene rings is 2. The number of hydrogen-bond donors (Lipinski definition) is 0. The Hall–Kier alpha value is -2.84. The highest BCUT2D eigenvalue weighted by molar-refractivity contribution is 9.10. The van der Waals surface area contributed by atoms with Crippen LogP contribution in [0.4, 0.5) is 5.69 Å². The lowest BCUT2D eigenvalue weighted by Gasteiger charge is -2.13. The average molecular weight is 467 g/mol. The number of hydrogen-bond acceptors (Lipinski definition) is 5. The zero-order valence-electron chi connectivity index (χ0n) is 15.6. The molecule has 3 heterocycles. The zero-order chi connectivity index (χ0) is 20.3. The number of nitrogens with zero attached hydrogens (tertiary/aromatic N) is 4. The molecule has 0 saturated carbocycles. The summed E-state index contributed by atoms with van der Waals surface area (Å²) in [4.78, 5) is 33.0. The summed E-state index contributed by atoms with van der Waals surface area (Å²) in [5.41, 5.74) is 3.60. The molecule has 0 radical (unpaired) electrons. The predicted octanol–water partition coefficient (Wildman–Crippen LogP) is 3.17. The van der Waals surface area contributed by atoms with E-state index in [2.05, 4.69) is 26.0 Å². The number of thiazole rings is 1. The average Bonchev–Trinajstić information content (AvgIpc) is 3.32. The normalized spacial score (nSPS) is 15.4. The number of rotatable bonds is 2. The number of aryl methyl sites for hydroxylation is 1. The van der Waals surface area contributed by atoms with E-state index in [1.807, 2.05) is 56.3 Å². The van der Waals surface area contributed by atoms with E-state index in [1.165, 1.54) is 15.9 Å². The summed E-state index contributed by atoms with van der Waals surface area (Å²) in [5, 5.41) is 4.43. The second-order valence-electron chi connectivity index (χ2n) is 6.77. The lowest BCUT2D eigenvalue weighted by atomic mass is 10.1. The predicted molar refractivity (Wildman–Crippen MR) is 117 cm³/mol.